The third-order valence-corrected chi connectivity index (χ3v) is 1.96. The van der Waals surface area contributed by atoms with Crippen LogP contribution >= 0.6 is 0 Å². The number of carboxylic acid groups (broad SMARTS) is 2. The van der Waals surface area contributed by atoms with E-state index in [9.17, 15) is 14.7 Å². The van der Waals surface area contributed by atoms with E-state index < -0.39 is 24.0 Å². The zero-order valence-electron chi connectivity index (χ0n) is 8.37. The largest absolute Gasteiger partial charge is 0.481 e. The van der Waals surface area contributed by atoms with E-state index in [0.29, 0.717) is 0 Å². The van der Waals surface area contributed by atoms with Crippen LogP contribution in [0.3, 0.4) is 0 Å². The Labute approximate surface area is 81.7 Å². The van der Waals surface area contributed by atoms with Gasteiger partial charge >= 0.3 is 11.9 Å². The predicted molar refractivity (Wildman–Crippen MR) is 48.9 cm³/mol. The number of carbonyl (C=O) groups is 2. The molecule has 0 aromatic carbocycles. The molecule has 0 radical (unpaired) electrons. The molecule has 3 N–H and O–H groups in total. The van der Waals surface area contributed by atoms with Crippen molar-refractivity contribution in [2.75, 3.05) is 0 Å². The maximum atomic E-state index is 10.7. The van der Waals surface area contributed by atoms with Crippen LogP contribution < -0.4 is 0 Å². The summed E-state index contributed by atoms with van der Waals surface area (Å²) in [5.41, 5.74) is -1.43. The van der Waals surface area contributed by atoms with Crippen molar-refractivity contribution in [3.8, 4) is 0 Å². The van der Waals surface area contributed by atoms with Gasteiger partial charge in [0, 0.05) is 5.57 Å². The van der Waals surface area contributed by atoms with Crippen LogP contribution in [0.1, 0.15) is 27.2 Å². The lowest BCUT2D eigenvalue weighted by Gasteiger charge is -2.20. The fourth-order valence-electron chi connectivity index (χ4n) is 0.889. The van der Waals surface area contributed by atoms with E-state index in [1.807, 2.05) is 0 Å². The zero-order valence-corrected chi connectivity index (χ0v) is 8.37. The highest BCUT2D eigenvalue weighted by atomic mass is 16.4. The molecule has 0 aliphatic heterocycles. The van der Waals surface area contributed by atoms with Crippen molar-refractivity contribution >= 4 is 11.9 Å². The molecule has 5 nitrogen and oxygen atoms in total. The van der Waals surface area contributed by atoms with E-state index in [0.717, 1.165) is 0 Å². The fraction of sp³-hybridized carbons (Fsp3) is 0.556. The van der Waals surface area contributed by atoms with E-state index in [1.54, 1.807) is 0 Å². The first kappa shape index (κ1) is 12.6. The van der Waals surface area contributed by atoms with Crippen LogP contribution in [0.4, 0.5) is 0 Å². The Morgan fingerprint density at radius 3 is 1.86 bits per heavy atom. The van der Waals surface area contributed by atoms with Crippen LogP contribution in [-0.4, -0.2) is 32.9 Å². The van der Waals surface area contributed by atoms with Gasteiger partial charge in [0.1, 0.15) is 0 Å². The summed E-state index contributed by atoms with van der Waals surface area (Å²) < 4.78 is 0. The molecule has 0 aromatic heterocycles. The summed E-state index contributed by atoms with van der Waals surface area (Å²) in [5, 5.41) is 26.7. The van der Waals surface area contributed by atoms with Crippen LogP contribution in [0, 0.1) is 0 Å². The highest BCUT2D eigenvalue weighted by molar-refractivity contribution is 5.93. The zero-order chi connectivity index (χ0) is 11.5. The molecule has 0 aliphatic carbocycles. The summed E-state index contributed by atoms with van der Waals surface area (Å²) in [6.07, 6.45) is -0.592. The summed E-state index contributed by atoms with van der Waals surface area (Å²) in [6.45, 7) is 4.23. The lowest BCUT2D eigenvalue weighted by atomic mass is 9.93. The molecule has 14 heavy (non-hydrogen) atoms. The smallest absolute Gasteiger partial charge is 0.332 e. The van der Waals surface area contributed by atoms with Gasteiger partial charge in [-0.1, -0.05) is 0 Å². The topological polar surface area (TPSA) is 94.8 Å². The van der Waals surface area contributed by atoms with E-state index >= 15 is 0 Å². The van der Waals surface area contributed by atoms with Crippen molar-refractivity contribution in [2.45, 2.75) is 32.8 Å². The molecule has 0 saturated carbocycles. The van der Waals surface area contributed by atoms with Gasteiger partial charge in [-0.3, -0.25) is 4.79 Å². The average molecular weight is 202 g/mol. The van der Waals surface area contributed by atoms with Gasteiger partial charge in [-0.2, -0.15) is 0 Å². The van der Waals surface area contributed by atoms with Crippen molar-refractivity contribution in [1.82, 2.24) is 0 Å². The van der Waals surface area contributed by atoms with Crippen molar-refractivity contribution in [3.63, 3.8) is 0 Å². The van der Waals surface area contributed by atoms with E-state index in [4.69, 9.17) is 10.2 Å². The molecule has 0 aliphatic rings. The second-order valence-electron chi connectivity index (χ2n) is 3.54. The fourth-order valence-corrected chi connectivity index (χ4v) is 0.889. The molecule has 0 spiro atoms. The Hall–Kier alpha value is -1.36. The van der Waals surface area contributed by atoms with Gasteiger partial charge in [0.2, 0.25) is 0 Å². The molecule has 0 amide bonds. The normalized spacial score (nSPS) is 13.4. The molecule has 5 heteroatoms. The summed E-state index contributed by atoms with van der Waals surface area (Å²) in [6, 6.07) is 0. The molecule has 0 fully saturated rings. The highest BCUT2D eigenvalue weighted by Gasteiger charge is 2.24. The first-order valence-corrected chi connectivity index (χ1v) is 4.04. The number of hydrogen-bond donors (Lipinski definition) is 3. The van der Waals surface area contributed by atoms with Gasteiger partial charge in [-0.05, 0) is 26.3 Å². The van der Waals surface area contributed by atoms with Crippen LogP contribution in [0.2, 0.25) is 0 Å². The van der Waals surface area contributed by atoms with Crippen molar-refractivity contribution in [1.29, 1.82) is 0 Å². The van der Waals surface area contributed by atoms with Crippen molar-refractivity contribution in [3.05, 3.63) is 11.1 Å². The molecule has 0 unspecified atom stereocenters. The minimum atomic E-state index is -1.32. The highest BCUT2D eigenvalue weighted by Crippen LogP contribution is 2.21. The van der Waals surface area contributed by atoms with Gasteiger partial charge in [-0.25, -0.2) is 4.79 Å². The van der Waals surface area contributed by atoms with Crippen LogP contribution in [0.5, 0.6) is 0 Å². The van der Waals surface area contributed by atoms with E-state index in [2.05, 4.69) is 0 Å². The molecule has 0 atom stereocenters. The molecule has 0 saturated heterocycles. The Balaban J connectivity index is 5.17. The first-order valence-electron chi connectivity index (χ1n) is 4.04. The van der Waals surface area contributed by atoms with E-state index in [1.165, 1.54) is 20.8 Å². The van der Waals surface area contributed by atoms with Gasteiger partial charge in [0.05, 0.1) is 12.0 Å². The molecule has 0 rings (SSSR count). The third kappa shape index (κ3) is 3.57. The second-order valence-corrected chi connectivity index (χ2v) is 3.54. The van der Waals surface area contributed by atoms with Gasteiger partial charge in [0.15, 0.2) is 0 Å². The maximum absolute atomic E-state index is 10.7. The number of rotatable bonds is 4. The van der Waals surface area contributed by atoms with Gasteiger partial charge in [0.25, 0.3) is 0 Å². The Morgan fingerprint density at radius 1 is 1.21 bits per heavy atom. The summed E-state index contributed by atoms with van der Waals surface area (Å²) in [7, 11) is 0. The lowest BCUT2D eigenvalue weighted by Crippen LogP contribution is -2.24. The average Bonchev–Trinajstić information content (AvgIpc) is 1.96. The molecular weight excluding hydrogens is 188 g/mol. The summed E-state index contributed by atoms with van der Waals surface area (Å²) in [4.78, 5) is 21.1. The van der Waals surface area contributed by atoms with Crippen LogP contribution in [-0.2, 0) is 9.59 Å². The lowest BCUT2D eigenvalue weighted by molar-refractivity contribution is -0.139. The molecule has 0 heterocycles. The van der Waals surface area contributed by atoms with Crippen LogP contribution in [0.15, 0.2) is 11.1 Å². The maximum Gasteiger partial charge on any atom is 0.332 e. The molecular formula is C9H14O5. The Kier molecular flexibility index (Phi) is 3.82. The van der Waals surface area contributed by atoms with Crippen molar-refractivity contribution in [2.24, 2.45) is 0 Å². The van der Waals surface area contributed by atoms with Crippen molar-refractivity contribution < 1.29 is 24.9 Å². The van der Waals surface area contributed by atoms with Gasteiger partial charge in [-0.15, -0.1) is 0 Å². The summed E-state index contributed by atoms with van der Waals surface area (Å²) in [5.74, 6) is -2.54. The monoisotopic (exact) mass is 202 g/mol. The minimum Gasteiger partial charge on any atom is -0.481 e. The Morgan fingerprint density at radius 2 is 1.64 bits per heavy atom. The second kappa shape index (κ2) is 4.23. The number of aliphatic carboxylic acids is 2. The first-order chi connectivity index (χ1) is 6.16. The third-order valence-electron chi connectivity index (χ3n) is 1.96. The minimum absolute atomic E-state index is 0.160. The van der Waals surface area contributed by atoms with Gasteiger partial charge < -0.3 is 15.3 Å². The molecule has 80 valence electrons. The number of hydrogen-bond acceptors (Lipinski definition) is 3. The quantitative estimate of drug-likeness (QED) is 0.581. The SMILES string of the molecule is C/C(=C(\CC(=O)O)C(=O)O)C(C)(C)O. The van der Waals surface area contributed by atoms with E-state index in [-0.39, 0.29) is 11.1 Å². The number of carboxylic acids is 2. The Bertz CT molecular complexity index is 282. The van der Waals surface area contributed by atoms with Crippen LogP contribution in [0.25, 0.3) is 0 Å². The standard InChI is InChI=1S/C9H14O5/c1-5(9(2,3)14)6(8(12)13)4-7(10)11/h14H,4H2,1-3H3,(H,10,11)(H,12,13)/b6-5-. The molecule has 0 aromatic rings. The molecule has 0 bridgehead atoms. The number of aliphatic hydroxyl groups is 1. The predicted octanol–water partition coefficient (Wildman–Crippen LogP) is 0.633. The summed E-state index contributed by atoms with van der Waals surface area (Å²) >= 11 is 0.